The third kappa shape index (κ3) is 4.79. The first-order valence-corrected chi connectivity index (χ1v) is 8.05. The SMILES string of the molecule is COc1cc(Cl)cc(CNC(C)(C)C)c1OC1CCCC1. The van der Waals surface area contributed by atoms with Crippen molar-refractivity contribution in [2.45, 2.75) is 64.6 Å². The summed E-state index contributed by atoms with van der Waals surface area (Å²) in [5, 5.41) is 4.16. The maximum atomic E-state index is 6.23. The summed E-state index contributed by atoms with van der Waals surface area (Å²) in [7, 11) is 1.66. The highest BCUT2D eigenvalue weighted by molar-refractivity contribution is 6.30. The van der Waals surface area contributed by atoms with Crippen molar-refractivity contribution in [2.24, 2.45) is 0 Å². The van der Waals surface area contributed by atoms with Crippen molar-refractivity contribution in [3.8, 4) is 11.5 Å². The fourth-order valence-electron chi connectivity index (χ4n) is 2.57. The van der Waals surface area contributed by atoms with Gasteiger partial charge < -0.3 is 14.8 Å². The van der Waals surface area contributed by atoms with Crippen LogP contribution in [0.25, 0.3) is 0 Å². The van der Waals surface area contributed by atoms with E-state index in [1.807, 2.05) is 12.1 Å². The number of hydrogen-bond acceptors (Lipinski definition) is 3. The van der Waals surface area contributed by atoms with E-state index in [4.69, 9.17) is 21.1 Å². The van der Waals surface area contributed by atoms with E-state index >= 15 is 0 Å². The van der Waals surface area contributed by atoms with Gasteiger partial charge in [0.1, 0.15) is 0 Å². The van der Waals surface area contributed by atoms with Gasteiger partial charge in [-0.15, -0.1) is 0 Å². The maximum Gasteiger partial charge on any atom is 0.166 e. The van der Waals surface area contributed by atoms with Gasteiger partial charge >= 0.3 is 0 Å². The molecule has 1 saturated carbocycles. The van der Waals surface area contributed by atoms with Crippen LogP contribution in [0.4, 0.5) is 0 Å². The van der Waals surface area contributed by atoms with Crippen LogP contribution in [0.5, 0.6) is 11.5 Å². The Balaban J connectivity index is 2.24. The van der Waals surface area contributed by atoms with Crippen LogP contribution in [-0.4, -0.2) is 18.8 Å². The molecule has 1 aromatic carbocycles. The molecule has 118 valence electrons. The Morgan fingerprint density at radius 2 is 1.90 bits per heavy atom. The van der Waals surface area contributed by atoms with Crippen molar-refractivity contribution in [3.05, 3.63) is 22.7 Å². The number of ether oxygens (including phenoxy) is 2. The number of halogens is 1. The Bertz CT molecular complexity index is 476. The first kappa shape index (κ1) is 16.4. The average Bonchev–Trinajstić information content (AvgIpc) is 2.90. The van der Waals surface area contributed by atoms with Crippen LogP contribution >= 0.6 is 11.6 Å². The molecule has 2 rings (SSSR count). The van der Waals surface area contributed by atoms with E-state index in [0.717, 1.165) is 29.9 Å². The third-order valence-electron chi connectivity index (χ3n) is 3.71. The summed E-state index contributed by atoms with van der Waals surface area (Å²) in [4.78, 5) is 0. The number of hydrogen-bond donors (Lipinski definition) is 1. The van der Waals surface area contributed by atoms with Gasteiger partial charge in [-0.25, -0.2) is 0 Å². The highest BCUT2D eigenvalue weighted by Crippen LogP contribution is 2.37. The molecule has 0 aliphatic heterocycles. The van der Waals surface area contributed by atoms with Crippen molar-refractivity contribution >= 4 is 11.6 Å². The zero-order valence-corrected chi connectivity index (χ0v) is 14.2. The van der Waals surface area contributed by atoms with Crippen molar-refractivity contribution in [2.75, 3.05) is 7.11 Å². The molecule has 0 aromatic heterocycles. The minimum absolute atomic E-state index is 0.0418. The first-order chi connectivity index (χ1) is 9.89. The molecule has 0 atom stereocenters. The van der Waals surface area contributed by atoms with Gasteiger partial charge in [0.15, 0.2) is 11.5 Å². The van der Waals surface area contributed by atoms with E-state index in [9.17, 15) is 0 Å². The molecule has 1 aliphatic carbocycles. The lowest BCUT2D eigenvalue weighted by atomic mass is 10.1. The molecule has 0 unspecified atom stereocenters. The predicted molar refractivity (Wildman–Crippen MR) is 87.5 cm³/mol. The van der Waals surface area contributed by atoms with Gasteiger partial charge in [0.2, 0.25) is 0 Å². The number of nitrogens with one attached hydrogen (secondary N) is 1. The van der Waals surface area contributed by atoms with Gasteiger partial charge in [0, 0.05) is 28.7 Å². The smallest absolute Gasteiger partial charge is 0.166 e. The van der Waals surface area contributed by atoms with Gasteiger partial charge in [-0.3, -0.25) is 0 Å². The molecule has 1 N–H and O–H groups in total. The lowest BCUT2D eigenvalue weighted by Gasteiger charge is -2.24. The summed E-state index contributed by atoms with van der Waals surface area (Å²) < 4.78 is 11.7. The fourth-order valence-corrected chi connectivity index (χ4v) is 2.80. The minimum atomic E-state index is 0.0418. The molecule has 1 aromatic rings. The van der Waals surface area contributed by atoms with Crippen molar-refractivity contribution in [1.29, 1.82) is 0 Å². The van der Waals surface area contributed by atoms with Crippen LogP contribution in [0.3, 0.4) is 0 Å². The van der Waals surface area contributed by atoms with Crippen molar-refractivity contribution in [3.63, 3.8) is 0 Å². The maximum absolute atomic E-state index is 6.23. The summed E-state index contributed by atoms with van der Waals surface area (Å²) in [6.45, 7) is 7.15. The predicted octanol–water partition coefficient (Wildman–Crippen LogP) is 4.56. The first-order valence-electron chi connectivity index (χ1n) is 7.67. The summed E-state index contributed by atoms with van der Waals surface area (Å²) in [6, 6.07) is 3.79. The van der Waals surface area contributed by atoms with E-state index in [-0.39, 0.29) is 5.54 Å². The molecular formula is C17H26ClNO2. The van der Waals surface area contributed by atoms with Gasteiger partial charge in [-0.1, -0.05) is 11.6 Å². The Morgan fingerprint density at radius 1 is 1.24 bits per heavy atom. The van der Waals surface area contributed by atoms with Crippen molar-refractivity contribution < 1.29 is 9.47 Å². The van der Waals surface area contributed by atoms with Crippen LogP contribution < -0.4 is 14.8 Å². The molecule has 0 radical (unpaired) electrons. The van der Waals surface area contributed by atoms with Gasteiger partial charge in [0.05, 0.1) is 13.2 Å². The molecule has 3 nitrogen and oxygen atoms in total. The zero-order chi connectivity index (χ0) is 15.5. The Kier molecular flexibility index (Phi) is 5.39. The van der Waals surface area contributed by atoms with Gasteiger partial charge in [-0.05, 0) is 52.5 Å². The van der Waals surface area contributed by atoms with Crippen LogP contribution in [0, 0.1) is 0 Å². The van der Waals surface area contributed by atoms with E-state index in [0.29, 0.717) is 17.7 Å². The fraction of sp³-hybridized carbons (Fsp3) is 0.647. The second kappa shape index (κ2) is 6.89. The highest BCUT2D eigenvalue weighted by Gasteiger charge is 2.22. The monoisotopic (exact) mass is 311 g/mol. The lowest BCUT2D eigenvalue weighted by Crippen LogP contribution is -2.35. The van der Waals surface area contributed by atoms with Crippen LogP contribution in [0.15, 0.2) is 12.1 Å². The largest absolute Gasteiger partial charge is 0.493 e. The summed E-state index contributed by atoms with van der Waals surface area (Å²) in [6.07, 6.45) is 5.04. The third-order valence-corrected chi connectivity index (χ3v) is 3.93. The number of methoxy groups -OCH3 is 1. The molecule has 1 aliphatic rings. The molecule has 4 heteroatoms. The summed E-state index contributed by atoms with van der Waals surface area (Å²) in [5.41, 5.74) is 1.10. The Hall–Kier alpha value is -0.930. The quantitative estimate of drug-likeness (QED) is 0.864. The highest BCUT2D eigenvalue weighted by atomic mass is 35.5. The van der Waals surface area contributed by atoms with Crippen molar-refractivity contribution in [1.82, 2.24) is 5.32 Å². The molecule has 0 amide bonds. The minimum Gasteiger partial charge on any atom is -0.493 e. The van der Waals surface area contributed by atoms with Crippen LogP contribution in [0.1, 0.15) is 52.0 Å². The van der Waals surface area contributed by atoms with Crippen LogP contribution in [-0.2, 0) is 6.54 Å². The number of rotatable bonds is 5. The standard InChI is InChI=1S/C17H26ClNO2/c1-17(2,3)19-11-12-9-13(18)10-15(20-4)16(12)21-14-7-5-6-8-14/h9-10,14,19H,5-8,11H2,1-4H3. The normalized spacial score (nSPS) is 16.2. The molecule has 0 saturated heterocycles. The Morgan fingerprint density at radius 3 is 2.48 bits per heavy atom. The second-order valence-electron chi connectivity index (χ2n) is 6.72. The summed E-state index contributed by atoms with van der Waals surface area (Å²) >= 11 is 6.20. The zero-order valence-electron chi connectivity index (χ0n) is 13.5. The lowest BCUT2D eigenvalue weighted by molar-refractivity contribution is 0.198. The molecular weight excluding hydrogens is 286 g/mol. The molecule has 21 heavy (non-hydrogen) atoms. The molecule has 1 fully saturated rings. The number of benzene rings is 1. The van der Waals surface area contributed by atoms with E-state index in [2.05, 4.69) is 26.1 Å². The van der Waals surface area contributed by atoms with Gasteiger partial charge in [-0.2, -0.15) is 0 Å². The van der Waals surface area contributed by atoms with E-state index in [1.54, 1.807) is 7.11 Å². The van der Waals surface area contributed by atoms with Crippen LogP contribution in [0.2, 0.25) is 5.02 Å². The topological polar surface area (TPSA) is 30.5 Å². The van der Waals surface area contributed by atoms with Gasteiger partial charge in [0.25, 0.3) is 0 Å². The second-order valence-corrected chi connectivity index (χ2v) is 7.16. The molecule has 0 spiro atoms. The van der Waals surface area contributed by atoms with E-state index in [1.165, 1.54) is 12.8 Å². The van der Waals surface area contributed by atoms with E-state index < -0.39 is 0 Å². The molecule has 0 heterocycles. The summed E-state index contributed by atoms with van der Waals surface area (Å²) in [5.74, 6) is 1.56. The molecule has 0 bridgehead atoms. The Labute approximate surface area is 133 Å². The average molecular weight is 312 g/mol.